The molecular formula is C19H34N4O7S. The van der Waals surface area contributed by atoms with Crippen molar-refractivity contribution in [2.45, 2.75) is 71.1 Å². The lowest BCUT2D eigenvalue weighted by atomic mass is 9.96. The van der Waals surface area contributed by atoms with Crippen LogP contribution < -0.4 is 21.7 Å². The molecule has 0 aromatic heterocycles. The van der Waals surface area contributed by atoms with Gasteiger partial charge in [0.15, 0.2) is 0 Å². The van der Waals surface area contributed by atoms with E-state index >= 15 is 0 Å². The van der Waals surface area contributed by atoms with Crippen molar-refractivity contribution in [3.63, 3.8) is 0 Å². The number of rotatable bonds is 14. The highest BCUT2D eigenvalue weighted by atomic mass is 32.1. The Hall–Kier alpha value is -2.34. The monoisotopic (exact) mass is 462 g/mol. The summed E-state index contributed by atoms with van der Waals surface area (Å²) in [6.45, 7) is 7.41. The molecule has 11 nitrogen and oxygen atoms in total. The Bertz CT molecular complexity index is 659. The standard InChI is InChI=1S/C19H34N4O7S/c1-5-10(4)15(23-16(26)11(20)6-9(2)3)18(28)22-13(8-31)17(27)21-12(19(29)30)7-14(24)25/h9-13,15,31H,5-8,20H2,1-4H3,(H,21,27)(H,22,28)(H,23,26)(H,24,25)(H,29,30). The SMILES string of the molecule is CCC(C)C(NC(=O)C(N)CC(C)C)C(=O)NC(CS)C(=O)NC(CC(=O)O)C(=O)O. The number of thiol groups is 1. The van der Waals surface area contributed by atoms with Crippen LogP contribution in [0.25, 0.3) is 0 Å². The number of amides is 3. The van der Waals surface area contributed by atoms with E-state index in [0.29, 0.717) is 12.8 Å². The number of nitrogens with one attached hydrogen (secondary N) is 3. The van der Waals surface area contributed by atoms with Crippen molar-refractivity contribution in [1.82, 2.24) is 16.0 Å². The van der Waals surface area contributed by atoms with Gasteiger partial charge in [-0.25, -0.2) is 4.79 Å². The van der Waals surface area contributed by atoms with Crippen molar-refractivity contribution in [3.05, 3.63) is 0 Å². The third-order valence-electron chi connectivity index (χ3n) is 4.66. The lowest BCUT2D eigenvalue weighted by Gasteiger charge is -2.27. The third kappa shape index (κ3) is 10.5. The van der Waals surface area contributed by atoms with Crippen LogP contribution in [0.1, 0.15) is 47.0 Å². The summed E-state index contributed by atoms with van der Waals surface area (Å²) in [5.41, 5.74) is 5.88. The van der Waals surface area contributed by atoms with Crippen LogP contribution in [0.5, 0.6) is 0 Å². The fraction of sp³-hybridized carbons (Fsp3) is 0.737. The van der Waals surface area contributed by atoms with Gasteiger partial charge in [-0.05, 0) is 18.3 Å². The van der Waals surface area contributed by atoms with Crippen molar-refractivity contribution in [1.29, 1.82) is 0 Å². The van der Waals surface area contributed by atoms with Crippen LogP contribution in [-0.4, -0.2) is 69.8 Å². The van der Waals surface area contributed by atoms with E-state index in [1.54, 1.807) is 6.92 Å². The summed E-state index contributed by atoms with van der Waals surface area (Å²) in [6.07, 6.45) is 0.158. The highest BCUT2D eigenvalue weighted by Gasteiger charge is 2.32. The molecule has 7 N–H and O–H groups in total. The second-order valence-electron chi connectivity index (χ2n) is 7.85. The molecule has 0 aliphatic carbocycles. The predicted molar refractivity (Wildman–Crippen MR) is 116 cm³/mol. The summed E-state index contributed by atoms with van der Waals surface area (Å²) >= 11 is 4.01. The number of nitrogens with two attached hydrogens (primary N) is 1. The molecule has 0 aromatic rings. The van der Waals surface area contributed by atoms with Gasteiger partial charge in [0.25, 0.3) is 0 Å². The minimum absolute atomic E-state index is 0.176. The lowest BCUT2D eigenvalue weighted by molar-refractivity contribution is -0.147. The predicted octanol–water partition coefficient (Wildman–Crippen LogP) is -0.651. The topological polar surface area (TPSA) is 188 Å². The molecule has 12 heteroatoms. The van der Waals surface area contributed by atoms with E-state index < -0.39 is 60.2 Å². The zero-order valence-corrected chi connectivity index (χ0v) is 19.1. The molecule has 0 saturated carbocycles. The van der Waals surface area contributed by atoms with Gasteiger partial charge in [0.1, 0.15) is 18.1 Å². The highest BCUT2D eigenvalue weighted by Crippen LogP contribution is 2.10. The molecule has 0 aromatic carbocycles. The van der Waals surface area contributed by atoms with E-state index in [9.17, 15) is 24.0 Å². The average molecular weight is 463 g/mol. The van der Waals surface area contributed by atoms with Gasteiger partial charge in [-0.3, -0.25) is 19.2 Å². The van der Waals surface area contributed by atoms with Crippen molar-refractivity contribution in [2.24, 2.45) is 17.6 Å². The van der Waals surface area contributed by atoms with Crippen molar-refractivity contribution in [2.75, 3.05) is 5.75 Å². The minimum atomic E-state index is -1.66. The Kier molecular flexibility index (Phi) is 12.8. The van der Waals surface area contributed by atoms with Gasteiger partial charge in [0, 0.05) is 5.75 Å². The number of carbonyl (C=O) groups excluding carboxylic acids is 3. The highest BCUT2D eigenvalue weighted by molar-refractivity contribution is 7.80. The summed E-state index contributed by atoms with van der Waals surface area (Å²) in [5.74, 6) is -5.25. The molecular weight excluding hydrogens is 428 g/mol. The quantitative estimate of drug-likeness (QED) is 0.166. The van der Waals surface area contributed by atoms with Crippen molar-refractivity contribution in [3.8, 4) is 0 Å². The summed E-state index contributed by atoms with van der Waals surface area (Å²) in [6, 6.07) is -4.67. The Balaban J connectivity index is 5.30. The second kappa shape index (κ2) is 13.9. The van der Waals surface area contributed by atoms with Crippen LogP contribution in [0, 0.1) is 11.8 Å². The summed E-state index contributed by atoms with van der Waals surface area (Å²) in [4.78, 5) is 59.5. The number of aliphatic carboxylic acids is 2. The first-order valence-electron chi connectivity index (χ1n) is 10.1. The first-order chi connectivity index (χ1) is 14.3. The molecule has 0 spiro atoms. The van der Waals surface area contributed by atoms with Gasteiger partial charge in [0.05, 0.1) is 12.5 Å². The van der Waals surface area contributed by atoms with Crippen molar-refractivity contribution >= 4 is 42.3 Å². The third-order valence-corrected chi connectivity index (χ3v) is 5.03. The molecule has 31 heavy (non-hydrogen) atoms. The van der Waals surface area contributed by atoms with E-state index in [4.69, 9.17) is 15.9 Å². The molecule has 0 heterocycles. The van der Waals surface area contributed by atoms with Gasteiger partial charge in [-0.2, -0.15) is 12.6 Å². The number of hydrogen-bond acceptors (Lipinski definition) is 7. The summed E-state index contributed by atoms with van der Waals surface area (Å²) in [7, 11) is 0. The number of carbonyl (C=O) groups is 5. The summed E-state index contributed by atoms with van der Waals surface area (Å²) < 4.78 is 0. The Morgan fingerprint density at radius 1 is 0.903 bits per heavy atom. The van der Waals surface area contributed by atoms with E-state index in [-0.39, 0.29) is 17.6 Å². The van der Waals surface area contributed by atoms with E-state index in [2.05, 4.69) is 28.6 Å². The smallest absolute Gasteiger partial charge is 0.326 e. The van der Waals surface area contributed by atoms with Gasteiger partial charge < -0.3 is 31.9 Å². The van der Waals surface area contributed by atoms with Gasteiger partial charge in [-0.1, -0.05) is 34.1 Å². The molecule has 178 valence electrons. The first-order valence-corrected chi connectivity index (χ1v) is 10.7. The van der Waals surface area contributed by atoms with Gasteiger partial charge >= 0.3 is 11.9 Å². The second-order valence-corrected chi connectivity index (χ2v) is 8.21. The van der Waals surface area contributed by atoms with Crippen LogP contribution in [0.3, 0.4) is 0 Å². The minimum Gasteiger partial charge on any atom is -0.481 e. The molecule has 0 radical (unpaired) electrons. The molecule has 5 unspecified atom stereocenters. The maximum absolute atomic E-state index is 12.8. The molecule has 0 aliphatic heterocycles. The molecule has 5 atom stereocenters. The first kappa shape index (κ1) is 28.7. The Morgan fingerprint density at radius 3 is 1.87 bits per heavy atom. The molecule has 0 bridgehead atoms. The molecule has 0 aliphatic rings. The zero-order chi connectivity index (χ0) is 24.3. The fourth-order valence-corrected chi connectivity index (χ4v) is 2.94. The number of carboxylic acid groups (broad SMARTS) is 2. The normalized spacial score (nSPS) is 15.8. The van der Waals surface area contributed by atoms with Crippen LogP contribution in [0.4, 0.5) is 0 Å². The Morgan fingerprint density at radius 2 is 1.45 bits per heavy atom. The maximum Gasteiger partial charge on any atom is 0.326 e. The average Bonchev–Trinajstić information content (AvgIpc) is 2.67. The van der Waals surface area contributed by atoms with Crippen LogP contribution in [0.2, 0.25) is 0 Å². The lowest BCUT2D eigenvalue weighted by Crippen LogP contribution is -2.59. The maximum atomic E-state index is 12.8. The van der Waals surface area contributed by atoms with E-state index in [1.807, 2.05) is 20.8 Å². The molecule has 0 saturated heterocycles. The van der Waals surface area contributed by atoms with E-state index in [1.165, 1.54) is 0 Å². The van der Waals surface area contributed by atoms with Crippen LogP contribution in [0.15, 0.2) is 0 Å². The molecule has 3 amide bonds. The van der Waals surface area contributed by atoms with Gasteiger partial charge in [0.2, 0.25) is 17.7 Å². The summed E-state index contributed by atoms with van der Waals surface area (Å²) in [5, 5.41) is 25.0. The van der Waals surface area contributed by atoms with Crippen LogP contribution >= 0.6 is 12.6 Å². The largest absolute Gasteiger partial charge is 0.481 e. The number of carboxylic acids is 2. The zero-order valence-electron chi connectivity index (χ0n) is 18.3. The fourth-order valence-electron chi connectivity index (χ4n) is 2.68. The number of hydrogen-bond donors (Lipinski definition) is 7. The van der Waals surface area contributed by atoms with Gasteiger partial charge in [-0.15, -0.1) is 0 Å². The van der Waals surface area contributed by atoms with Crippen molar-refractivity contribution < 1.29 is 34.2 Å². The molecule has 0 rings (SSSR count). The Labute approximate surface area is 187 Å². The molecule has 0 fully saturated rings. The van der Waals surface area contributed by atoms with Crippen LogP contribution in [-0.2, 0) is 24.0 Å². The van der Waals surface area contributed by atoms with E-state index in [0.717, 1.165) is 0 Å².